The number of thiophene rings is 1. The third-order valence-corrected chi connectivity index (χ3v) is 4.65. The number of nitrogens with one attached hydrogen (secondary N) is 1. The van der Waals surface area contributed by atoms with Crippen LogP contribution in [0, 0.1) is 0 Å². The number of rotatable bonds is 3. The first-order chi connectivity index (χ1) is 10.4. The zero-order valence-electron chi connectivity index (χ0n) is 11.5. The molecule has 1 unspecified atom stereocenters. The molecule has 1 aromatic carbocycles. The fourth-order valence-electron chi connectivity index (χ4n) is 2.68. The smallest absolute Gasteiger partial charge is 0.244 e. The van der Waals surface area contributed by atoms with E-state index < -0.39 is 0 Å². The Morgan fingerprint density at radius 3 is 2.95 bits per heavy atom. The van der Waals surface area contributed by atoms with Gasteiger partial charge in [-0.15, -0.1) is 11.3 Å². The predicted octanol–water partition coefficient (Wildman–Crippen LogP) is 3.11. The van der Waals surface area contributed by atoms with E-state index in [1.54, 1.807) is 11.3 Å². The summed E-state index contributed by atoms with van der Waals surface area (Å²) in [5.41, 5.74) is 2.71. The molecule has 2 aromatic heterocycles. The van der Waals surface area contributed by atoms with Crippen molar-refractivity contribution >= 4 is 11.3 Å². The van der Waals surface area contributed by atoms with E-state index in [4.69, 9.17) is 4.52 Å². The molecular formula is C16H15N3OS. The zero-order chi connectivity index (χ0) is 14.1. The van der Waals surface area contributed by atoms with Crippen molar-refractivity contribution in [1.82, 2.24) is 15.5 Å². The molecule has 5 heteroatoms. The lowest BCUT2D eigenvalue weighted by atomic mass is 9.96. The minimum absolute atomic E-state index is 0.115. The summed E-state index contributed by atoms with van der Waals surface area (Å²) in [5, 5.41) is 9.64. The number of hydrogen-bond donors (Lipinski definition) is 1. The highest BCUT2D eigenvalue weighted by molar-refractivity contribution is 7.09. The largest absolute Gasteiger partial charge is 0.338 e. The van der Waals surface area contributed by atoms with Gasteiger partial charge in [-0.05, 0) is 29.0 Å². The molecule has 21 heavy (non-hydrogen) atoms. The van der Waals surface area contributed by atoms with Crippen LogP contribution in [-0.2, 0) is 19.4 Å². The Labute approximate surface area is 126 Å². The molecule has 4 rings (SSSR count). The number of aromatic nitrogens is 2. The van der Waals surface area contributed by atoms with Gasteiger partial charge in [-0.3, -0.25) is 0 Å². The lowest BCUT2D eigenvalue weighted by Gasteiger charge is -2.23. The standard InChI is InChI=1S/C16H15N3OS/c1-2-5-12-10-17-14(8-11(12)4-1)16-18-15(19-20-16)9-13-6-3-7-21-13/h1-7,14,17H,8-10H2. The van der Waals surface area contributed by atoms with Gasteiger partial charge in [0.05, 0.1) is 6.04 Å². The zero-order valence-corrected chi connectivity index (χ0v) is 12.3. The summed E-state index contributed by atoms with van der Waals surface area (Å²) >= 11 is 1.72. The second kappa shape index (κ2) is 5.42. The van der Waals surface area contributed by atoms with Gasteiger partial charge in [0, 0.05) is 17.8 Å². The van der Waals surface area contributed by atoms with Gasteiger partial charge in [0.25, 0.3) is 0 Å². The predicted molar refractivity (Wildman–Crippen MR) is 81.1 cm³/mol. The topological polar surface area (TPSA) is 51.0 Å². The molecule has 106 valence electrons. The van der Waals surface area contributed by atoms with Crippen molar-refractivity contribution in [2.45, 2.75) is 25.4 Å². The van der Waals surface area contributed by atoms with E-state index in [1.165, 1.54) is 16.0 Å². The van der Waals surface area contributed by atoms with Crippen molar-refractivity contribution < 1.29 is 4.52 Å². The summed E-state index contributed by atoms with van der Waals surface area (Å²) in [4.78, 5) is 5.80. The SMILES string of the molecule is c1csc(Cc2noc(C3Cc4ccccc4CN3)n2)c1. The van der Waals surface area contributed by atoms with E-state index in [9.17, 15) is 0 Å². The first-order valence-corrected chi connectivity index (χ1v) is 7.91. The third kappa shape index (κ3) is 2.62. The van der Waals surface area contributed by atoms with E-state index in [0.29, 0.717) is 5.89 Å². The highest BCUT2D eigenvalue weighted by atomic mass is 32.1. The molecule has 0 amide bonds. The molecule has 4 nitrogen and oxygen atoms in total. The summed E-state index contributed by atoms with van der Waals surface area (Å²) in [6.45, 7) is 0.851. The number of benzene rings is 1. The summed E-state index contributed by atoms with van der Waals surface area (Å²) in [5.74, 6) is 1.45. The molecule has 1 N–H and O–H groups in total. The van der Waals surface area contributed by atoms with Crippen LogP contribution in [0.3, 0.4) is 0 Å². The fourth-order valence-corrected chi connectivity index (χ4v) is 3.38. The van der Waals surface area contributed by atoms with Gasteiger partial charge >= 0.3 is 0 Å². The Hall–Kier alpha value is -1.98. The van der Waals surface area contributed by atoms with Gasteiger partial charge in [-0.25, -0.2) is 0 Å². The van der Waals surface area contributed by atoms with E-state index in [-0.39, 0.29) is 6.04 Å². The lowest BCUT2D eigenvalue weighted by Crippen LogP contribution is -2.28. The maximum absolute atomic E-state index is 5.45. The molecular weight excluding hydrogens is 282 g/mol. The van der Waals surface area contributed by atoms with Crippen LogP contribution in [0.25, 0.3) is 0 Å². The van der Waals surface area contributed by atoms with E-state index in [1.807, 2.05) is 6.07 Å². The number of fused-ring (bicyclic) bond motifs is 1. The monoisotopic (exact) mass is 297 g/mol. The average Bonchev–Trinajstić information content (AvgIpc) is 3.19. The number of hydrogen-bond acceptors (Lipinski definition) is 5. The Balaban J connectivity index is 1.51. The normalized spacial score (nSPS) is 17.6. The fraction of sp³-hybridized carbons (Fsp3) is 0.250. The Bertz CT molecular complexity index is 736. The first kappa shape index (κ1) is 12.7. The van der Waals surface area contributed by atoms with Crippen molar-refractivity contribution in [2.24, 2.45) is 0 Å². The van der Waals surface area contributed by atoms with Gasteiger partial charge in [-0.2, -0.15) is 4.98 Å². The van der Waals surface area contributed by atoms with Crippen molar-refractivity contribution in [1.29, 1.82) is 0 Å². The van der Waals surface area contributed by atoms with Crippen molar-refractivity contribution in [3.05, 3.63) is 69.5 Å². The van der Waals surface area contributed by atoms with Crippen LogP contribution in [0.15, 0.2) is 46.3 Å². The minimum Gasteiger partial charge on any atom is -0.338 e. The third-order valence-electron chi connectivity index (χ3n) is 3.78. The second-order valence-corrected chi connectivity index (χ2v) is 6.24. The molecule has 0 aliphatic carbocycles. The molecule has 0 saturated carbocycles. The molecule has 0 fully saturated rings. The van der Waals surface area contributed by atoms with Crippen LogP contribution in [0.2, 0.25) is 0 Å². The van der Waals surface area contributed by atoms with E-state index >= 15 is 0 Å². The molecule has 1 aliphatic heterocycles. The van der Waals surface area contributed by atoms with Gasteiger partial charge in [0.15, 0.2) is 5.82 Å². The van der Waals surface area contributed by atoms with Crippen molar-refractivity contribution in [3.63, 3.8) is 0 Å². The van der Waals surface area contributed by atoms with Crippen LogP contribution in [0.5, 0.6) is 0 Å². The number of nitrogens with zero attached hydrogens (tertiary/aromatic N) is 2. The lowest BCUT2D eigenvalue weighted by molar-refractivity contribution is 0.319. The van der Waals surface area contributed by atoms with Crippen LogP contribution >= 0.6 is 11.3 Å². The summed E-state index contributed by atoms with van der Waals surface area (Å²) < 4.78 is 5.45. The van der Waals surface area contributed by atoms with Crippen LogP contribution in [-0.4, -0.2) is 10.1 Å². The van der Waals surface area contributed by atoms with Crippen molar-refractivity contribution in [3.8, 4) is 0 Å². The molecule has 3 aromatic rings. The molecule has 3 heterocycles. The quantitative estimate of drug-likeness (QED) is 0.807. The molecule has 1 aliphatic rings. The van der Waals surface area contributed by atoms with Crippen LogP contribution in [0.4, 0.5) is 0 Å². The Kier molecular flexibility index (Phi) is 3.29. The summed E-state index contributed by atoms with van der Waals surface area (Å²) in [6.07, 6.45) is 1.64. The minimum atomic E-state index is 0.115. The van der Waals surface area contributed by atoms with Crippen molar-refractivity contribution in [2.75, 3.05) is 0 Å². The summed E-state index contributed by atoms with van der Waals surface area (Å²) in [7, 11) is 0. The molecule has 1 atom stereocenters. The molecule has 0 bridgehead atoms. The average molecular weight is 297 g/mol. The first-order valence-electron chi connectivity index (χ1n) is 7.03. The van der Waals surface area contributed by atoms with Gasteiger partial charge in [0.2, 0.25) is 5.89 Å². The van der Waals surface area contributed by atoms with Gasteiger partial charge in [0.1, 0.15) is 0 Å². The Morgan fingerprint density at radius 1 is 1.19 bits per heavy atom. The Morgan fingerprint density at radius 2 is 2.10 bits per heavy atom. The molecule has 0 radical (unpaired) electrons. The summed E-state index contributed by atoms with van der Waals surface area (Å²) in [6, 6.07) is 12.7. The second-order valence-electron chi connectivity index (χ2n) is 5.21. The maximum atomic E-state index is 5.45. The van der Waals surface area contributed by atoms with Gasteiger partial charge in [-0.1, -0.05) is 35.5 Å². The molecule has 0 spiro atoms. The van der Waals surface area contributed by atoms with Crippen LogP contribution in [0.1, 0.15) is 33.8 Å². The highest BCUT2D eigenvalue weighted by Gasteiger charge is 2.24. The van der Waals surface area contributed by atoms with Crippen LogP contribution < -0.4 is 5.32 Å². The van der Waals surface area contributed by atoms with E-state index in [0.717, 1.165) is 25.2 Å². The maximum Gasteiger partial charge on any atom is 0.244 e. The highest BCUT2D eigenvalue weighted by Crippen LogP contribution is 2.25. The van der Waals surface area contributed by atoms with Gasteiger partial charge < -0.3 is 9.84 Å². The van der Waals surface area contributed by atoms with E-state index in [2.05, 4.69) is 51.2 Å². The molecule has 0 saturated heterocycles.